The molecule has 0 spiro atoms. The molecule has 0 radical (unpaired) electrons. The number of aromatic hydroxyl groups is 1. The SMILES string of the molecule is CN1C2CCCC1CC(NC(=O)c1n[nH]c3ccc(O)cc13)C2. The topological polar surface area (TPSA) is 81.2 Å². The van der Waals surface area contributed by atoms with E-state index in [9.17, 15) is 9.90 Å². The maximum atomic E-state index is 12.6. The summed E-state index contributed by atoms with van der Waals surface area (Å²) < 4.78 is 0. The average molecular weight is 314 g/mol. The molecule has 2 saturated heterocycles. The third kappa shape index (κ3) is 2.57. The molecule has 3 N–H and O–H groups in total. The lowest BCUT2D eigenvalue weighted by molar-refractivity contribution is 0.0462. The van der Waals surface area contributed by atoms with Gasteiger partial charge in [-0.15, -0.1) is 0 Å². The maximum absolute atomic E-state index is 12.6. The van der Waals surface area contributed by atoms with Crippen molar-refractivity contribution in [3.8, 4) is 5.75 Å². The standard InChI is InChI=1S/C17H22N4O2/c1-21-11-3-2-4-12(21)8-10(7-11)18-17(23)16-14-9-13(22)5-6-15(14)19-20-16/h5-6,9-12,22H,2-4,7-8H2,1H3,(H,18,23)(H,19,20). The quantitative estimate of drug-likeness (QED) is 0.792. The Hall–Kier alpha value is -2.08. The molecule has 1 aromatic carbocycles. The van der Waals surface area contributed by atoms with Crippen LogP contribution in [0.25, 0.3) is 10.9 Å². The summed E-state index contributed by atoms with van der Waals surface area (Å²) in [6.07, 6.45) is 5.75. The largest absolute Gasteiger partial charge is 0.508 e. The number of H-pyrrole nitrogens is 1. The van der Waals surface area contributed by atoms with E-state index in [4.69, 9.17) is 0 Å². The van der Waals surface area contributed by atoms with Crippen molar-refractivity contribution in [2.24, 2.45) is 0 Å². The first-order valence-electron chi connectivity index (χ1n) is 8.31. The number of aromatic nitrogens is 2. The van der Waals surface area contributed by atoms with Gasteiger partial charge in [-0.05, 0) is 50.9 Å². The van der Waals surface area contributed by atoms with E-state index in [1.807, 2.05) is 0 Å². The summed E-state index contributed by atoms with van der Waals surface area (Å²) in [6.45, 7) is 0. The van der Waals surface area contributed by atoms with Gasteiger partial charge in [0.1, 0.15) is 5.75 Å². The number of phenols is 1. The Morgan fingerprint density at radius 1 is 1.35 bits per heavy atom. The number of hydrogen-bond donors (Lipinski definition) is 3. The molecule has 1 amide bonds. The number of nitrogens with zero attached hydrogens (tertiary/aromatic N) is 2. The minimum absolute atomic E-state index is 0.141. The number of nitrogens with one attached hydrogen (secondary N) is 2. The van der Waals surface area contributed by atoms with Gasteiger partial charge in [-0.3, -0.25) is 9.89 Å². The summed E-state index contributed by atoms with van der Waals surface area (Å²) in [5, 5.41) is 20.4. The third-order valence-electron chi connectivity index (χ3n) is 5.44. The van der Waals surface area contributed by atoms with E-state index in [1.165, 1.54) is 19.3 Å². The predicted molar refractivity (Wildman–Crippen MR) is 87.4 cm³/mol. The van der Waals surface area contributed by atoms with Crippen molar-refractivity contribution < 1.29 is 9.90 Å². The summed E-state index contributed by atoms with van der Waals surface area (Å²) in [5.74, 6) is -0.0174. The molecule has 1 aromatic heterocycles. The Kier molecular flexibility index (Phi) is 3.49. The van der Waals surface area contributed by atoms with Crippen molar-refractivity contribution in [3.05, 3.63) is 23.9 Å². The first-order chi connectivity index (χ1) is 11.1. The molecular weight excluding hydrogens is 292 g/mol. The minimum Gasteiger partial charge on any atom is -0.508 e. The van der Waals surface area contributed by atoms with Crippen molar-refractivity contribution in [1.29, 1.82) is 0 Å². The molecule has 23 heavy (non-hydrogen) atoms. The Bertz CT molecular complexity index is 727. The average Bonchev–Trinajstić information content (AvgIpc) is 2.91. The summed E-state index contributed by atoms with van der Waals surface area (Å²) in [4.78, 5) is 15.1. The van der Waals surface area contributed by atoms with Crippen LogP contribution in [0.1, 0.15) is 42.6 Å². The zero-order valence-electron chi connectivity index (χ0n) is 13.2. The van der Waals surface area contributed by atoms with Gasteiger partial charge >= 0.3 is 0 Å². The van der Waals surface area contributed by atoms with Gasteiger partial charge in [0.15, 0.2) is 5.69 Å². The van der Waals surface area contributed by atoms with Crippen LogP contribution in [-0.2, 0) is 0 Å². The van der Waals surface area contributed by atoms with Crippen LogP contribution in [0, 0.1) is 0 Å². The van der Waals surface area contributed by atoms with Crippen molar-refractivity contribution in [2.75, 3.05) is 7.05 Å². The minimum atomic E-state index is -0.158. The highest BCUT2D eigenvalue weighted by Gasteiger charge is 2.36. The molecule has 4 rings (SSSR count). The van der Waals surface area contributed by atoms with Gasteiger partial charge in [0.25, 0.3) is 5.91 Å². The normalized spacial score (nSPS) is 28.0. The lowest BCUT2D eigenvalue weighted by atomic mass is 9.82. The molecular formula is C17H22N4O2. The molecule has 2 aliphatic heterocycles. The number of amides is 1. The van der Waals surface area contributed by atoms with Gasteiger partial charge in [-0.2, -0.15) is 5.10 Å². The van der Waals surface area contributed by atoms with Crippen LogP contribution >= 0.6 is 0 Å². The molecule has 0 aliphatic carbocycles. The fourth-order valence-electron chi connectivity index (χ4n) is 4.16. The highest BCUT2D eigenvalue weighted by Crippen LogP contribution is 2.32. The fourth-order valence-corrected chi connectivity index (χ4v) is 4.16. The first kappa shape index (κ1) is 14.5. The van der Waals surface area contributed by atoms with Crippen molar-refractivity contribution in [2.45, 2.75) is 50.2 Å². The highest BCUT2D eigenvalue weighted by molar-refractivity contribution is 6.05. The number of carbonyl (C=O) groups is 1. The van der Waals surface area contributed by atoms with Crippen molar-refractivity contribution in [3.63, 3.8) is 0 Å². The predicted octanol–water partition coefficient (Wildman–Crippen LogP) is 2.01. The Labute approximate surface area is 134 Å². The van der Waals surface area contributed by atoms with E-state index in [2.05, 4.69) is 27.5 Å². The molecule has 2 atom stereocenters. The van der Waals surface area contributed by atoms with E-state index in [0.29, 0.717) is 23.2 Å². The Morgan fingerprint density at radius 2 is 2.09 bits per heavy atom. The number of fused-ring (bicyclic) bond motifs is 3. The number of piperidine rings is 2. The summed E-state index contributed by atoms with van der Waals surface area (Å²) in [7, 11) is 2.20. The van der Waals surface area contributed by atoms with E-state index in [0.717, 1.165) is 18.4 Å². The number of carbonyl (C=O) groups excluding carboxylic acids is 1. The zero-order valence-corrected chi connectivity index (χ0v) is 13.2. The summed E-state index contributed by atoms with van der Waals surface area (Å²) in [5.41, 5.74) is 1.12. The molecule has 2 aromatic rings. The molecule has 6 heteroatoms. The summed E-state index contributed by atoms with van der Waals surface area (Å²) >= 11 is 0. The first-order valence-corrected chi connectivity index (χ1v) is 8.31. The van der Waals surface area contributed by atoms with Crippen molar-refractivity contribution >= 4 is 16.8 Å². The van der Waals surface area contributed by atoms with Crippen LogP contribution in [-0.4, -0.2) is 51.3 Å². The molecule has 2 aliphatic rings. The van der Waals surface area contributed by atoms with Gasteiger partial charge in [0.05, 0.1) is 5.52 Å². The van der Waals surface area contributed by atoms with Crippen LogP contribution in [0.3, 0.4) is 0 Å². The van der Waals surface area contributed by atoms with Gasteiger partial charge < -0.3 is 15.3 Å². The Morgan fingerprint density at radius 3 is 2.83 bits per heavy atom. The smallest absolute Gasteiger partial charge is 0.272 e. The van der Waals surface area contributed by atoms with Crippen molar-refractivity contribution in [1.82, 2.24) is 20.4 Å². The highest BCUT2D eigenvalue weighted by atomic mass is 16.3. The molecule has 2 unspecified atom stereocenters. The second-order valence-corrected chi connectivity index (χ2v) is 6.85. The maximum Gasteiger partial charge on any atom is 0.272 e. The van der Waals surface area contributed by atoms with E-state index >= 15 is 0 Å². The Balaban J connectivity index is 1.52. The number of hydrogen-bond acceptors (Lipinski definition) is 4. The second-order valence-electron chi connectivity index (χ2n) is 6.85. The van der Waals surface area contributed by atoms with Crippen LogP contribution in [0.2, 0.25) is 0 Å². The van der Waals surface area contributed by atoms with E-state index in [-0.39, 0.29) is 17.7 Å². The van der Waals surface area contributed by atoms with Gasteiger partial charge in [-0.25, -0.2) is 0 Å². The van der Waals surface area contributed by atoms with Crippen LogP contribution in [0.4, 0.5) is 0 Å². The summed E-state index contributed by atoms with van der Waals surface area (Å²) in [6, 6.07) is 6.25. The van der Waals surface area contributed by atoms with Crippen LogP contribution in [0.5, 0.6) is 5.75 Å². The number of rotatable bonds is 2. The number of phenolic OH excluding ortho intramolecular Hbond substituents is 1. The molecule has 0 saturated carbocycles. The lowest BCUT2D eigenvalue weighted by Gasteiger charge is -2.47. The zero-order chi connectivity index (χ0) is 16.0. The molecule has 2 bridgehead atoms. The van der Waals surface area contributed by atoms with Crippen LogP contribution < -0.4 is 5.32 Å². The lowest BCUT2D eigenvalue weighted by Crippen LogP contribution is -2.55. The molecule has 122 valence electrons. The molecule has 6 nitrogen and oxygen atoms in total. The van der Waals surface area contributed by atoms with E-state index in [1.54, 1.807) is 18.2 Å². The van der Waals surface area contributed by atoms with E-state index < -0.39 is 0 Å². The number of benzene rings is 1. The van der Waals surface area contributed by atoms with Crippen LogP contribution in [0.15, 0.2) is 18.2 Å². The fraction of sp³-hybridized carbons (Fsp3) is 0.529. The third-order valence-corrected chi connectivity index (χ3v) is 5.44. The van der Waals surface area contributed by atoms with Gasteiger partial charge in [-0.1, -0.05) is 6.42 Å². The molecule has 2 fully saturated rings. The monoisotopic (exact) mass is 314 g/mol. The van der Waals surface area contributed by atoms with Gasteiger partial charge in [0.2, 0.25) is 0 Å². The van der Waals surface area contributed by atoms with Gasteiger partial charge in [0, 0.05) is 23.5 Å². The second kappa shape index (κ2) is 5.53. The molecule has 3 heterocycles. The number of aromatic amines is 1.